The van der Waals surface area contributed by atoms with Gasteiger partial charge >= 0.3 is 6.03 Å². The first-order valence-electron chi connectivity index (χ1n) is 19.8. The first-order valence-corrected chi connectivity index (χ1v) is 19.8. The van der Waals surface area contributed by atoms with E-state index < -0.39 is 0 Å². The van der Waals surface area contributed by atoms with Crippen LogP contribution in [0.1, 0.15) is 85.8 Å². The van der Waals surface area contributed by atoms with Crippen molar-refractivity contribution in [1.82, 2.24) is 34.6 Å². The SMILES string of the molecule is C=C1/C=C\C=C/C[C@H](Oc2ccc3nnc(N4[C@H](C)CCC[C@@H]4C)n3c2)CC[C@@H]1NC(=O)Nc1cc(C(C)(C)C)nn1-c1cccc(OCCN(C)CC)c1. The first kappa shape index (κ1) is 39.6. The fourth-order valence-corrected chi connectivity index (χ4v) is 7.17. The normalized spacial score (nSPS) is 22.0. The van der Waals surface area contributed by atoms with E-state index in [4.69, 9.17) is 14.6 Å². The zero-order valence-corrected chi connectivity index (χ0v) is 33.7. The largest absolute Gasteiger partial charge is 0.492 e. The Kier molecular flexibility index (Phi) is 12.7. The third kappa shape index (κ3) is 9.96. The summed E-state index contributed by atoms with van der Waals surface area (Å²) in [4.78, 5) is 18.4. The van der Waals surface area contributed by atoms with Gasteiger partial charge in [-0.3, -0.25) is 9.72 Å². The number of fused-ring (bicyclic) bond motifs is 1. The van der Waals surface area contributed by atoms with Crippen LogP contribution >= 0.6 is 0 Å². The number of carbonyl (C=O) groups is 1. The molecule has 0 bridgehead atoms. The minimum absolute atomic E-state index is 0.124. The number of carbonyl (C=O) groups excluding carboxylic acids is 1. The molecule has 2 N–H and O–H groups in total. The number of piperidine rings is 1. The molecule has 2 amide bonds. The van der Waals surface area contributed by atoms with Crippen LogP contribution in [0.5, 0.6) is 11.5 Å². The summed E-state index contributed by atoms with van der Waals surface area (Å²) in [6, 6.07) is 13.8. The summed E-state index contributed by atoms with van der Waals surface area (Å²) >= 11 is 0. The van der Waals surface area contributed by atoms with Crippen molar-refractivity contribution < 1.29 is 14.3 Å². The van der Waals surface area contributed by atoms with Crippen molar-refractivity contribution in [2.75, 3.05) is 37.0 Å². The number of nitrogens with zero attached hydrogens (tertiary/aromatic N) is 7. The Labute approximate surface area is 326 Å². The second kappa shape index (κ2) is 17.6. The maximum Gasteiger partial charge on any atom is 0.320 e. The molecule has 2 aliphatic rings. The van der Waals surface area contributed by atoms with Gasteiger partial charge in [-0.25, -0.2) is 9.48 Å². The van der Waals surface area contributed by atoms with E-state index in [0.717, 1.165) is 72.4 Å². The Balaban J connectivity index is 1.16. The minimum atomic E-state index is -0.340. The fraction of sp³-hybridized carbons (Fsp3) is 0.488. The van der Waals surface area contributed by atoms with Gasteiger partial charge in [-0.15, -0.1) is 10.2 Å². The van der Waals surface area contributed by atoms with Crippen LogP contribution in [0.15, 0.2) is 85.1 Å². The van der Waals surface area contributed by atoms with Gasteiger partial charge in [-0.2, -0.15) is 5.10 Å². The molecule has 1 aromatic carbocycles. The maximum atomic E-state index is 13.8. The summed E-state index contributed by atoms with van der Waals surface area (Å²) in [7, 11) is 2.07. The smallest absolute Gasteiger partial charge is 0.320 e. The Morgan fingerprint density at radius 1 is 1.02 bits per heavy atom. The zero-order valence-electron chi connectivity index (χ0n) is 33.7. The molecule has 55 heavy (non-hydrogen) atoms. The van der Waals surface area contributed by atoms with E-state index in [1.54, 1.807) is 4.68 Å². The van der Waals surface area contributed by atoms with E-state index in [1.807, 2.05) is 71.3 Å². The highest BCUT2D eigenvalue weighted by atomic mass is 16.5. The molecule has 1 aliphatic carbocycles. The number of likely N-dealkylation sites (N-methyl/N-ethyl adjacent to an activating group) is 1. The predicted molar refractivity (Wildman–Crippen MR) is 221 cm³/mol. The van der Waals surface area contributed by atoms with Crippen molar-refractivity contribution >= 4 is 23.4 Å². The molecule has 0 spiro atoms. The van der Waals surface area contributed by atoms with Gasteiger partial charge in [0.05, 0.1) is 23.6 Å². The summed E-state index contributed by atoms with van der Waals surface area (Å²) in [5.74, 6) is 2.92. The van der Waals surface area contributed by atoms with Crippen molar-refractivity contribution in [3.63, 3.8) is 0 Å². The van der Waals surface area contributed by atoms with E-state index in [-0.39, 0.29) is 23.6 Å². The Morgan fingerprint density at radius 2 is 1.82 bits per heavy atom. The lowest BCUT2D eigenvalue weighted by Crippen LogP contribution is -2.44. The van der Waals surface area contributed by atoms with Crippen molar-refractivity contribution in [2.24, 2.45) is 0 Å². The highest BCUT2D eigenvalue weighted by Crippen LogP contribution is 2.31. The highest BCUT2D eigenvalue weighted by Gasteiger charge is 2.29. The first-order chi connectivity index (χ1) is 26.4. The van der Waals surface area contributed by atoms with Crippen LogP contribution in [0.25, 0.3) is 11.3 Å². The molecule has 294 valence electrons. The summed E-state index contributed by atoms with van der Waals surface area (Å²) in [5.41, 5.74) is 3.01. The number of amides is 2. The number of urea groups is 1. The number of rotatable bonds is 11. The molecule has 4 aromatic rings. The molecule has 4 atom stereocenters. The molecular weight excluding hydrogens is 691 g/mol. The average molecular weight is 750 g/mol. The summed E-state index contributed by atoms with van der Waals surface area (Å²) in [5, 5.41) is 20.3. The number of hydrogen-bond acceptors (Lipinski definition) is 8. The minimum Gasteiger partial charge on any atom is -0.492 e. The van der Waals surface area contributed by atoms with Gasteiger partial charge in [0.2, 0.25) is 5.95 Å². The molecule has 0 radical (unpaired) electrons. The topological polar surface area (TPSA) is 114 Å². The number of pyridine rings is 1. The van der Waals surface area contributed by atoms with Crippen LogP contribution in [0, 0.1) is 0 Å². The Morgan fingerprint density at radius 3 is 2.58 bits per heavy atom. The zero-order chi connectivity index (χ0) is 39.1. The van der Waals surface area contributed by atoms with E-state index in [2.05, 4.69) is 91.9 Å². The lowest BCUT2D eigenvalue weighted by atomic mass is 9.92. The number of ether oxygens (including phenoxy) is 2. The third-order valence-electron chi connectivity index (χ3n) is 10.6. The second-order valence-electron chi connectivity index (χ2n) is 16.0. The van der Waals surface area contributed by atoms with Crippen molar-refractivity contribution in [1.29, 1.82) is 0 Å². The van der Waals surface area contributed by atoms with Gasteiger partial charge in [0.1, 0.15) is 30.0 Å². The fourth-order valence-electron chi connectivity index (χ4n) is 7.17. The van der Waals surface area contributed by atoms with E-state index in [9.17, 15) is 4.79 Å². The molecule has 12 nitrogen and oxygen atoms in total. The van der Waals surface area contributed by atoms with Gasteiger partial charge in [-0.05, 0) is 89.4 Å². The number of aromatic nitrogens is 5. The molecule has 6 rings (SSSR count). The summed E-state index contributed by atoms with van der Waals surface area (Å²) in [6.45, 7) is 19.6. The van der Waals surface area contributed by atoms with Crippen molar-refractivity contribution in [2.45, 2.75) is 110 Å². The number of hydrogen-bond donors (Lipinski definition) is 2. The van der Waals surface area contributed by atoms with Gasteiger partial charge in [0.15, 0.2) is 5.65 Å². The van der Waals surface area contributed by atoms with Crippen LogP contribution in [0.3, 0.4) is 0 Å². The van der Waals surface area contributed by atoms with E-state index in [1.165, 1.54) is 6.42 Å². The van der Waals surface area contributed by atoms with Crippen LogP contribution in [-0.4, -0.2) is 86.3 Å². The summed E-state index contributed by atoms with van der Waals surface area (Å²) < 4.78 is 16.5. The molecule has 0 saturated carbocycles. The van der Waals surface area contributed by atoms with Gasteiger partial charge < -0.3 is 24.6 Å². The van der Waals surface area contributed by atoms with Crippen molar-refractivity contribution in [3.8, 4) is 17.2 Å². The second-order valence-corrected chi connectivity index (χ2v) is 16.0. The lowest BCUT2D eigenvalue weighted by Gasteiger charge is -2.39. The van der Waals surface area contributed by atoms with Gasteiger partial charge in [-0.1, -0.05) is 64.6 Å². The number of nitrogens with one attached hydrogen (secondary N) is 2. The monoisotopic (exact) mass is 749 g/mol. The van der Waals surface area contributed by atoms with E-state index >= 15 is 0 Å². The highest BCUT2D eigenvalue weighted by molar-refractivity contribution is 5.89. The van der Waals surface area contributed by atoms with Crippen LogP contribution in [0.4, 0.5) is 16.6 Å². The lowest BCUT2D eigenvalue weighted by molar-refractivity contribution is 0.186. The van der Waals surface area contributed by atoms with Crippen molar-refractivity contribution in [3.05, 3.63) is 90.8 Å². The number of anilines is 2. The predicted octanol–water partition coefficient (Wildman–Crippen LogP) is 8.10. The standard InChI is InChI=1S/C43H59N9O3/c1-9-49(8)25-26-54-35-20-14-18-33(27-35)52-40(28-38(48-52)43(5,6)7)45-41(53)44-37-23-21-34(19-12-10-11-15-30(37)2)55-36-22-24-39-46-47-42(50(39)29-36)51-31(3)16-13-17-32(51)4/h10-12,14-15,18,20,22,24,27-29,31-32,34,37H,2,9,13,16-17,19,21,23,25-26H2,1,3-8H3,(H2,44,45,53)/b12-10-,15-11-/t31-,32+,34-,37-/m0/s1. The molecule has 3 aromatic heterocycles. The Hall–Kier alpha value is -5.10. The van der Waals surface area contributed by atoms with Gasteiger partial charge in [0, 0.05) is 42.6 Å². The van der Waals surface area contributed by atoms with Crippen LogP contribution in [0.2, 0.25) is 0 Å². The van der Waals surface area contributed by atoms with Crippen LogP contribution in [-0.2, 0) is 5.41 Å². The molecule has 0 unspecified atom stereocenters. The number of allylic oxidation sites excluding steroid dienone is 2. The summed E-state index contributed by atoms with van der Waals surface area (Å²) in [6.07, 6.45) is 15.5. The molecular formula is C43H59N9O3. The van der Waals surface area contributed by atoms with Crippen LogP contribution < -0.4 is 25.0 Å². The molecule has 1 aliphatic heterocycles. The molecule has 12 heteroatoms. The maximum absolute atomic E-state index is 13.8. The number of benzene rings is 1. The quantitative estimate of drug-likeness (QED) is 0.158. The molecule has 1 saturated heterocycles. The van der Waals surface area contributed by atoms with Gasteiger partial charge in [0.25, 0.3) is 0 Å². The molecule has 1 fully saturated rings. The molecule has 4 heterocycles. The average Bonchev–Trinajstić information content (AvgIpc) is 3.77. The third-order valence-corrected chi connectivity index (χ3v) is 10.6. The Bertz CT molecular complexity index is 1980. The van der Waals surface area contributed by atoms with E-state index in [0.29, 0.717) is 37.4 Å².